The molecule has 0 atom stereocenters. The largest absolute Gasteiger partial charge is 0.523 e. The van der Waals surface area contributed by atoms with E-state index in [0.29, 0.717) is 12.8 Å². The van der Waals surface area contributed by atoms with Crippen LogP contribution in [-0.2, 0) is 14.3 Å². The second kappa shape index (κ2) is 5.92. The standard InChI is InChI=1S/C6H10BrF3O3S/c7-4-2-1-3-5-13-14(11,12)6(8,9)10/h1-5H2. The highest BCUT2D eigenvalue weighted by Gasteiger charge is 2.47. The van der Waals surface area contributed by atoms with Gasteiger partial charge in [-0.25, -0.2) is 0 Å². The molecule has 0 spiro atoms. The van der Waals surface area contributed by atoms with Gasteiger partial charge < -0.3 is 0 Å². The molecular weight excluding hydrogens is 289 g/mol. The SMILES string of the molecule is O=S(=O)(OCCCCCBr)C(F)(F)F. The van der Waals surface area contributed by atoms with Crippen molar-refractivity contribution in [3.63, 3.8) is 0 Å². The van der Waals surface area contributed by atoms with Crippen LogP contribution in [0.5, 0.6) is 0 Å². The lowest BCUT2D eigenvalue weighted by Crippen LogP contribution is -2.25. The third-order valence-corrected chi connectivity index (χ3v) is 2.90. The fraction of sp³-hybridized carbons (Fsp3) is 1.00. The maximum Gasteiger partial charge on any atom is 0.523 e. The minimum atomic E-state index is -5.40. The Bertz CT molecular complexity index is 250. The molecule has 0 aromatic rings. The second-order valence-corrected chi connectivity index (χ2v) is 4.87. The van der Waals surface area contributed by atoms with E-state index in [1.54, 1.807) is 0 Å². The smallest absolute Gasteiger partial charge is 0.263 e. The van der Waals surface area contributed by atoms with Crippen LogP contribution in [0, 0.1) is 0 Å². The Labute approximate surface area is 88.9 Å². The molecule has 0 rings (SSSR count). The summed E-state index contributed by atoms with van der Waals surface area (Å²) in [5.41, 5.74) is -5.32. The predicted octanol–water partition coefficient (Wildman–Crippen LogP) is 2.42. The number of hydrogen-bond acceptors (Lipinski definition) is 3. The Hall–Kier alpha value is 0.180. The van der Waals surface area contributed by atoms with Gasteiger partial charge in [0.1, 0.15) is 0 Å². The third-order valence-electron chi connectivity index (χ3n) is 1.30. The molecule has 8 heteroatoms. The van der Waals surface area contributed by atoms with Crippen LogP contribution < -0.4 is 0 Å². The molecule has 0 saturated heterocycles. The molecule has 0 fully saturated rings. The predicted molar refractivity (Wildman–Crippen MR) is 48.6 cm³/mol. The van der Waals surface area contributed by atoms with Crippen molar-refractivity contribution in [2.45, 2.75) is 24.8 Å². The average Bonchev–Trinajstić information content (AvgIpc) is 2.02. The van der Waals surface area contributed by atoms with Gasteiger partial charge in [-0.1, -0.05) is 22.4 Å². The fourth-order valence-corrected chi connectivity index (χ4v) is 1.48. The van der Waals surface area contributed by atoms with Crippen molar-refractivity contribution < 1.29 is 25.8 Å². The molecule has 0 unspecified atom stereocenters. The summed E-state index contributed by atoms with van der Waals surface area (Å²) in [6, 6.07) is 0. The van der Waals surface area contributed by atoms with Crippen LogP contribution in [-0.4, -0.2) is 25.9 Å². The summed E-state index contributed by atoms with van der Waals surface area (Å²) in [4.78, 5) is 0. The van der Waals surface area contributed by atoms with Crippen LogP contribution in [0.3, 0.4) is 0 Å². The van der Waals surface area contributed by atoms with Crippen LogP contribution in [0.4, 0.5) is 13.2 Å². The van der Waals surface area contributed by atoms with Crippen LogP contribution in [0.25, 0.3) is 0 Å². The first-order valence-electron chi connectivity index (χ1n) is 3.83. The van der Waals surface area contributed by atoms with Gasteiger partial charge in [-0.15, -0.1) is 0 Å². The molecule has 0 aromatic carbocycles. The Kier molecular flexibility index (Phi) is 5.99. The van der Waals surface area contributed by atoms with Crippen molar-refractivity contribution in [1.82, 2.24) is 0 Å². The molecule has 0 N–H and O–H groups in total. The summed E-state index contributed by atoms with van der Waals surface area (Å²) in [6.07, 6.45) is 1.69. The van der Waals surface area contributed by atoms with Crippen molar-refractivity contribution in [1.29, 1.82) is 0 Å². The second-order valence-electron chi connectivity index (χ2n) is 2.47. The summed E-state index contributed by atoms with van der Waals surface area (Å²) < 4.78 is 59.5. The van der Waals surface area contributed by atoms with Crippen molar-refractivity contribution in [2.75, 3.05) is 11.9 Å². The molecule has 0 saturated carbocycles. The zero-order valence-electron chi connectivity index (χ0n) is 7.18. The van der Waals surface area contributed by atoms with E-state index in [-0.39, 0.29) is 0 Å². The van der Waals surface area contributed by atoms with Crippen molar-refractivity contribution in [3.8, 4) is 0 Å². The molecule has 3 nitrogen and oxygen atoms in total. The van der Waals surface area contributed by atoms with Gasteiger partial charge in [0, 0.05) is 5.33 Å². The van der Waals surface area contributed by atoms with Gasteiger partial charge in [0.25, 0.3) is 0 Å². The summed E-state index contributed by atoms with van der Waals surface area (Å²) in [5, 5.41) is 0.735. The molecule has 0 aliphatic heterocycles. The third kappa shape index (κ3) is 5.16. The zero-order chi connectivity index (χ0) is 11.2. The summed E-state index contributed by atoms with van der Waals surface area (Å²) in [5.74, 6) is 0. The van der Waals surface area contributed by atoms with Crippen LogP contribution in [0.2, 0.25) is 0 Å². The van der Waals surface area contributed by atoms with Crippen molar-refractivity contribution >= 4 is 26.0 Å². The lowest BCUT2D eigenvalue weighted by molar-refractivity contribution is -0.0542. The van der Waals surface area contributed by atoms with Gasteiger partial charge in [-0.3, -0.25) is 4.18 Å². The Balaban J connectivity index is 3.80. The normalized spacial score (nSPS) is 13.1. The zero-order valence-corrected chi connectivity index (χ0v) is 9.58. The molecule has 0 aliphatic rings. The number of rotatable bonds is 6. The Morgan fingerprint density at radius 3 is 2.14 bits per heavy atom. The average molecular weight is 299 g/mol. The van der Waals surface area contributed by atoms with Crippen LogP contribution in [0.1, 0.15) is 19.3 Å². The van der Waals surface area contributed by atoms with E-state index in [1.165, 1.54) is 0 Å². The van der Waals surface area contributed by atoms with E-state index < -0.39 is 22.2 Å². The molecule has 0 radical (unpaired) electrons. The van der Waals surface area contributed by atoms with Crippen molar-refractivity contribution in [2.24, 2.45) is 0 Å². The lowest BCUT2D eigenvalue weighted by Gasteiger charge is -2.07. The Morgan fingerprint density at radius 1 is 1.14 bits per heavy atom. The van der Waals surface area contributed by atoms with E-state index in [2.05, 4.69) is 20.1 Å². The minimum Gasteiger partial charge on any atom is -0.263 e. The number of halogens is 4. The van der Waals surface area contributed by atoms with E-state index in [1.807, 2.05) is 0 Å². The maximum atomic E-state index is 11.7. The van der Waals surface area contributed by atoms with E-state index >= 15 is 0 Å². The molecule has 0 amide bonds. The molecule has 86 valence electrons. The van der Waals surface area contributed by atoms with E-state index in [9.17, 15) is 21.6 Å². The number of hydrogen-bond donors (Lipinski definition) is 0. The van der Waals surface area contributed by atoms with Crippen LogP contribution >= 0.6 is 15.9 Å². The highest BCUT2D eigenvalue weighted by molar-refractivity contribution is 9.09. The van der Waals surface area contributed by atoms with Crippen molar-refractivity contribution in [3.05, 3.63) is 0 Å². The number of alkyl halides is 4. The van der Waals surface area contributed by atoms with Gasteiger partial charge in [0.2, 0.25) is 0 Å². The highest BCUT2D eigenvalue weighted by Crippen LogP contribution is 2.24. The molecular formula is C6H10BrF3O3S. The van der Waals surface area contributed by atoms with E-state index in [4.69, 9.17) is 0 Å². The quantitative estimate of drug-likeness (QED) is 0.327. The summed E-state index contributed by atoms with van der Waals surface area (Å²) in [7, 11) is -5.40. The monoisotopic (exact) mass is 298 g/mol. The molecule has 14 heavy (non-hydrogen) atoms. The summed E-state index contributed by atoms with van der Waals surface area (Å²) >= 11 is 3.13. The van der Waals surface area contributed by atoms with Crippen LogP contribution in [0.15, 0.2) is 0 Å². The fourth-order valence-electron chi connectivity index (χ4n) is 0.609. The van der Waals surface area contributed by atoms with Gasteiger partial charge in [0.15, 0.2) is 0 Å². The maximum absolute atomic E-state index is 11.7. The molecule has 0 bridgehead atoms. The highest BCUT2D eigenvalue weighted by atomic mass is 79.9. The first kappa shape index (κ1) is 14.2. The first-order chi connectivity index (χ1) is 6.31. The molecule has 0 aliphatic carbocycles. The Morgan fingerprint density at radius 2 is 1.71 bits per heavy atom. The first-order valence-corrected chi connectivity index (χ1v) is 6.36. The summed E-state index contributed by atoms with van der Waals surface area (Å²) in [6.45, 7) is -0.422. The van der Waals surface area contributed by atoms with Gasteiger partial charge in [0.05, 0.1) is 6.61 Å². The molecule has 0 aromatic heterocycles. The van der Waals surface area contributed by atoms with E-state index in [0.717, 1.165) is 11.8 Å². The van der Waals surface area contributed by atoms with Gasteiger partial charge >= 0.3 is 15.6 Å². The minimum absolute atomic E-state index is 0.293. The molecule has 0 heterocycles. The topological polar surface area (TPSA) is 43.4 Å². The lowest BCUT2D eigenvalue weighted by atomic mass is 10.3. The van der Waals surface area contributed by atoms with Gasteiger partial charge in [-0.2, -0.15) is 21.6 Å². The number of unbranched alkanes of at least 4 members (excludes halogenated alkanes) is 2. The van der Waals surface area contributed by atoms with Gasteiger partial charge in [-0.05, 0) is 12.8 Å².